The summed E-state index contributed by atoms with van der Waals surface area (Å²) in [7, 11) is 1.60. The Balaban J connectivity index is 0.000000448. The summed E-state index contributed by atoms with van der Waals surface area (Å²) in [5.74, 6) is -0.757. The number of alkyl halides is 3. The van der Waals surface area contributed by atoms with Gasteiger partial charge in [-0.25, -0.2) is 9.78 Å². The van der Waals surface area contributed by atoms with Gasteiger partial charge in [0, 0.05) is 37.4 Å². The van der Waals surface area contributed by atoms with Gasteiger partial charge < -0.3 is 24.6 Å². The van der Waals surface area contributed by atoms with Crippen LogP contribution in [0.25, 0.3) is 0 Å². The number of carboxylic acids is 1. The zero-order valence-electron chi connectivity index (χ0n) is 21.0. The zero-order chi connectivity index (χ0) is 28.3. The monoisotopic (exact) mass is 546 g/mol. The van der Waals surface area contributed by atoms with Crippen molar-refractivity contribution in [3.8, 4) is 5.75 Å². The van der Waals surface area contributed by atoms with E-state index in [1.54, 1.807) is 37.4 Å². The Kier molecular flexibility index (Phi) is 7.83. The maximum Gasteiger partial charge on any atom is 0.490 e. The highest BCUT2D eigenvalue weighted by Gasteiger charge is 2.41. The van der Waals surface area contributed by atoms with Crippen LogP contribution in [0.15, 0.2) is 42.5 Å². The average molecular weight is 547 g/mol. The second kappa shape index (κ2) is 11.1. The Hall–Kier alpha value is -4.49. The van der Waals surface area contributed by atoms with E-state index in [1.807, 2.05) is 28.5 Å². The van der Waals surface area contributed by atoms with Gasteiger partial charge in [0.2, 0.25) is 5.82 Å². The van der Waals surface area contributed by atoms with Crippen LogP contribution in [0.3, 0.4) is 0 Å². The van der Waals surface area contributed by atoms with Gasteiger partial charge in [0.15, 0.2) is 0 Å². The number of ether oxygens (including phenoxy) is 1. The summed E-state index contributed by atoms with van der Waals surface area (Å²) in [5.41, 5.74) is 1.96. The van der Waals surface area contributed by atoms with Crippen LogP contribution in [0.5, 0.6) is 5.75 Å². The summed E-state index contributed by atoms with van der Waals surface area (Å²) < 4.78 is 38.8. The average Bonchev–Trinajstić information content (AvgIpc) is 3.50. The number of hydrogen-bond acceptors (Lipinski definition) is 7. The highest BCUT2D eigenvalue weighted by molar-refractivity contribution is 6.01. The van der Waals surface area contributed by atoms with E-state index in [2.05, 4.69) is 20.5 Å². The fourth-order valence-electron chi connectivity index (χ4n) is 4.54. The zero-order valence-corrected chi connectivity index (χ0v) is 21.0. The molecule has 2 amide bonds. The molecule has 2 atom stereocenters. The van der Waals surface area contributed by atoms with Gasteiger partial charge in [-0.05, 0) is 55.2 Å². The van der Waals surface area contributed by atoms with E-state index in [-0.39, 0.29) is 17.7 Å². The molecule has 0 spiro atoms. The summed E-state index contributed by atoms with van der Waals surface area (Å²) in [4.78, 5) is 40.9. The molecule has 1 saturated heterocycles. The highest BCUT2D eigenvalue weighted by atomic mass is 19.4. The van der Waals surface area contributed by atoms with E-state index in [9.17, 15) is 22.8 Å². The Morgan fingerprint density at radius 1 is 1.03 bits per heavy atom. The standard InChI is InChI=1S/C23H24N6O3.C2HF3O2/c1-14-4-3-5-19(24-14)23(31)28-11-15-10-20-26-27-21(29(20)13-16(15)12-28)22(30)25-17-6-8-18(32-2)9-7-17;3-2(4,5)1(6)7/h3-9,15-16H,10-13H2,1-2H3,(H,25,30);(H,6,7). The number of methoxy groups -OCH3 is 1. The Morgan fingerprint density at radius 3 is 2.31 bits per heavy atom. The normalized spacial score (nSPS) is 17.8. The van der Waals surface area contributed by atoms with Gasteiger partial charge >= 0.3 is 12.1 Å². The molecule has 1 fully saturated rings. The Labute approximate surface area is 220 Å². The van der Waals surface area contributed by atoms with Gasteiger partial charge in [-0.2, -0.15) is 13.2 Å². The lowest BCUT2D eigenvalue weighted by molar-refractivity contribution is -0.192. The van der Waals surface area contributed by atoms with Crippen molar-refractivity contribution >= 4 is 23.5 Å². The van der Waals surface area contributed by atoms with E-state index in [4.69, 9.17) is 14.6 Å². The number of hydrogen-bond donors (Lipinski definition) is 2. The molecule has 0 radical (unpaired) electrons. The number of rotatable bonds is 4. The van der Waals surface area contributed by atoms with Crippen LogP contribution < -0.4 is 10.1 Å². The first-order valence-corrected chi connectivity index (χ1v) is 11.9. The predicted molar refractivity (Wildman–Crippen MR) is 130 cm³/mol. The van der Waals surface area contributed by atoms with E-state index in [0.717, 1.165) is 17.3 Å². The fourth-order valence-corrected chi connectivity index (χ4v) is 4.54. The lowest BCUT2D eigenvalue weighted by Crippen LogP contribution is -2.31. The largest absolute Gasteiger partial charge is 0.497 e. The van der Waals surface area contributed by atoms with Crippen molar-refractivity contribution in [2.45, 2.75) is 26.1 Å². The van der Waals surface area contributed by atoms with Crippen LogP contribution >= 0.6 is 0 Å². The van der Waals surface area contributed by atoms with E-state index in [1.165, 1.54) is 0 Å². The second-order valence-electron chi connectivity index (χ2n) is 9.13. The number of aliphatic carboxylic acids is 1. The van der Waals surface area contributed by atoms with E-state index < -0.39 is 12.1 Å². The maximum atomic E-state index is 12.9. The number of halogens is 3. The molecule has 0 saturated carbocycles. The first kappa shape index (κ1) is 27.5. The first-order chi connectivity index (χ1) is 18.5. The summed E-state index contributed by atoms with van der Waals surface area (Å²) >= 11 is 0. The molecule has 11 nitrogen and oxygen atoms in total. The Bertz CT molecular complexity index is 1380. The molecule has 1 aromatic carbocycles. The quantitative estimate of drug-likeness (QED) is 0.509. The molecule has 0 bridgehead atoms. The maximum absolute atomic E-state index is 12.9. The minimum atomic E-state index is -5.08. The number of carboxylic acid groups (broad SMARTS) is 1. The van der Waals surface area contributed by atoms with Gasteiger partial charge in [0.05, 0.1) is 7.11 Å². The SMILES string of the molecule is COc1ccc(NC(=O)c2nnc3n2CC2CN(C(=O)c4cccc(C)n4)CC2C3)cc1.O=C(O)C(F)(F)F. The van der Waals surface area contributed by atoms with Gasteiger partial charge in [-0.3, -0.25) is 9.59 Å². The minimum absolute atomic E-state index is 0.0451. The molecule has 2 N–H and O–H groups in total. The smallest absolute Gasteiger partial charge is 0.490 e. The number of benzene rings is 1. The number of pyridine rings is 1. The van der Waals surface area contributed by atoms with Crippen LogP contribution in [-0.2, 0) is 17.8 Å². The molecule has 206 valence electrons. The third kappa shape index (κ3) is 6.33. The second-order valence-corrected chi connectivity index (χ2v) is 9.13. The molecule has 4 heterocycles. The molecule has 2 aromatic heterocycles. The number of amides is 2. The summed E-state index contributed by atoms with van der Waals surface area (Å²) in [6.45, 7) is 3.80. The third-order valence-corrected chi connectivity index (χ3v) is 6.45. The number of nitrogens with one attached hydrogen (secondary N) is 1. The number of nitrogens with zero attached hydrogens (tertiary/aromatic N) is 5. The van der Waals surface area contributed by atoms with Crippen LogP contribution in [0.1, 0.15) is 32.6 Å². The third-order valence-electron chi connectivity index (χ3n) is 6.45. The molecule has 39 heavy (non-hydrogen) atoms. The molecule has 5 rings (SSSR count). The highest BCUT2D eigenvalue weighted by Crippen LogP contribution is 2.33. The predicted octanol–water partition coefficient (Wildman–Crippen LogP) is 2.82. The molecule has 14 heteroatoms. The van der Waals surface area contributed by atoms with Crippen LogP contribution in [0.2, 0.25) is 0 Å². The molecule has 2 aliphatic rings. The van der Waals surface area contributed by atoms with Crippen LogP contribution in [-0.4, -0.2) is 73.9 Å². The van der Waals surface area contributed by atoms with Crippen molar-refractivity contribution in [2.24, 2.45) is 11.8 Å². The van der Waals surface area contributed by atoms with Crippen molar-refractivity contribution in [3.05, 3.63) is 65.5 Å². The van der Waals surface area contributed by atoms with Gasteiger partial charge in [-0.15, -0.1) is 10.2 Å². The van der Waals surface area contributed by atoms with Gasteiger partial charge in [0.1, 0.15) is 17.3 Å². The number of aromatic nitrogens is 4. The number of fused-ring (bicyclic) bond motifs is 2. The van der Waals surface area contributed by atoms with Crippen LogP contribution in [0.4, 0.5) is 18.9 Å². The number of carbonyl (C=O) groups is 3. The topological polar surface area (TPSA) is 140 Å². The number of carbonyl (C=O) groups excluding carboxylic acids is 2. The molecule has 2 unspecified atom stereocenters. The lowest BCUT2D eigenvalue weighted by atomic mass is 9.89. The first-order valence-electron chi connectivity index (χ1n) is 11.9. The molecule has 0 aliphatic carbocycles. The van der Waals surface area contributed by atoms with Crippen molar-refractivity contribution < 1.29 is 37.4 Å². The van der Waals surface area contributed by atoms with Gasteiger partial charge in [0.25, 0.3) is 11.8 Å². The summed E-state index contributed by atoms with van der Waals surface area (Å²) in [5, 5.41) is 18.4. The summed E-state index contributed by atoms with van der Waals surface area (Å²) in [6.07, 6.45) is -4.39. The fraction of sp³-hybridized carbons (Fsp3) is 0.360. The lowest BCUT2D eigenvalue weighted by Gasteiger charge is -2.25. The van der Waals surface area contributed by atoms with Crippen LogP contribution in [0, 0.1) is 18.8 Å². The summed E-state index contributed by atoms with van der Waals surface area (Å²) in [6, 6.07) is 12.6. The Morgan fingerprint density at radius 2 is 1.69 bits per heavy atom. The van der Waals surface area contributed by atoms with Crippen molar-refractivity contribution in [1.29, 1.82) is 0 Å². The number of likely N-dealkylation sites (tertiary alicyclic amines) is 1. The van der Waals surface area contributed by atoms with E-state index >= 15 is 0 Å². The van der Waals surface area contributed by atoms with Gasteiger partial charge in [-0.1, -0.05) is 6.07 Å². The minimum Gasteiger partial charge on any atom is -0.497 e. The van der Waals surface area contributed by atoms with Crippen molar-refractivity contribution in [1.82, 2.24) is 24.6 Å². The molecular weight excluding hydrogens is 521 g/mol. The molecule has 3 aromatic rings. The van der Waals surface area contributed by atoms with E-state index in [0.29, 0.717) is 49.2 Å². The number of anilines is 1. The number of aryl methyl sites for hydroxylation is 1. The van der Waals surface area contributed by atoms with Crippen molar-refractivity contribution in [2.75, 3.05) is 25.5 Å². The van der Waals surface area contributed by atoms with Crippen molar-refractivity contribution in [3.63, 3.8) is 0 Å². The molecule has 2 aliphatic heterocycles. The molecular formula is C25H25F3N6O5.